The highest BCUT2D eigenvalue weighted by Gasteiger charge is 2.17. The van der Waals surface area contributed by atoms with Crippen LogP contribution in [0.4, 0.5) is 0 Å². The minimum atomic E-state index is -0.132. The molecule has 5 heteroatoms. The second-order valence-electron chi connectivity index (χ2n) is 4.85. The molecular formula is C15H19ClN2OS. The largest absolute Gasteiger partial charge is 0.351 e. The normalized spacial score (nSPS) is 10.7. The summed E-state index contributed by atoms with van der Waals surface area (Å²) in [7, 11) is 0. The molecule has 0 bridgehead atoms. The minimum absolute atomic E-state index is 0.00595. The molecule has 3 N–H and O–H groups in total. The van der Waals surface area contributed by atoms with Crippen LogP contribution >= 0.6 is 23.4 Å². The summed E-state index contributed by atoms with van der Waals surface area (Å²) in [6.07, 6.45) is 2.02. The summed E-state index contributed by atoms with van der Waals surface area (Å²) in [5.74, 6) is 5.47. The number of halogens is 1. The number of carbonyl (C=O) groups is 1. The fourth-order valence-corrected chi connectivity index (χ4v) is 1.82. The SMILES string of the molecule is CSC(C)(C)CNC(=O)c1ccc(C#CCN)c(Cl)c1. The van der Waals surface area contributed by atoms with Crippen molar-refractivity contribution >= 4 is 29.3 Å². The maximum atomic E-state index is 12.0. The number of rotatable bonds is 4. The summed E-state index contributed by atoms with van der Waals surface area (Å²) in [5, 5.41) is 3.37. The van der Waals surface area contributed by atoms with Crippen molar-refractivity contribution in [2.45, 2.75) is 18.6 Å². The van der Waals surface area contributed by atoms with E-state index in [2.05, 4.69) is 31.0 Å². The van der Waals surface area contributed by atoms with Gasteiger partial charge in [-0.1, -0.05) is 23.4 Å². The molecule has 0 atom stereocenters. The van der Waals surface area contributed by atoms with E-state index in [0.717, 1.165) is 0 Å². The highest BCUT2D eigenvalue weighted by atomic mass is 35.5. The summed E-state index contributed by atoms with van der Waals surface area (Å²) in [6.45, 7) is 5.04. The van der Waals surface area contributed by atoms with Crippen molar-refractivity contribution in [1.82, 2.24) is 5.32 Å². The lowest BCUT2D eigenvalue weighted by molar-refractivity contribution is 0.0951. The lowest BCUT2D eigenvalue weighted by atomic mass is 10.1. The standard InChI is InChI=1S/C15H19ClN2OS/c1-15(2,20-3)10-18-14(19)12-7-6-11(5-4-8-17)13(16)9-12/h6-7,9H,8,10,17H2,1-3H3,(H,18,19). The molecule has 0 aliphatic carbocycles. The number of carbonyl (C=O) groups excluding carboxylic acids is 1. The first-order valence-electron chi connectivity index (χ1n) is 6.21. The van der Waals surface area contributed by atoms with Gasteiger partial charge in [0.1, 0.15) is 0 Å². The van der Waals surface area contributed by atoms with Gasteiger partial charge in [0.25, 0.3) is 5.91 Å². The van der Waals surface area contributed by atoms with Crippen LogP contribution in [0.25, 0.3) is 0 Å². The number of thioether (sulfide) groups is 1. The van der Waals surface area contributed by atoms with Gasteiger partial charge in [0, 0.05) is 22.4 Å². The Labute approximate surface area is 129 Å². The van der Waals surface area contributed by atoms with Crippen LogP contribution in [0.2, 0.25) is 5.02 Å². The molecular weight excluding hydrogens is 292 g/mol. The van der Waals surface area contributed by atoms with E-state index in [4.69, 9.17) is 17.3 Å². The van der Waals surface area contributed by atoms with Gasteiger partial charge in [0.05, 0.1) is 11.6 Å². The number of amides is 1. The van der Waals surface area contributed by atoms with Crippen molar-refractivity contribution in [2.24, 2.45) is 5.73 Å². The van der Waals surface area contributed by atoms with Crippen molar-refractivity contribution < 1.29 is 4.79 Å². The number of hydrogen-bond donors (Lipinski definition) is 2. The van der Waals surface area contributed by atoms with Gasteiger partial charge in [-0.3, -0.25) is 4.79 Å². The quantitative estimate of drug-likeness (QED) is 0.840. The molecule has 3 nitrogen and oxygen atoms in total. The Morgan fingerprint density at radius 1 is 1.50 bits per heavy atom. The average molecular weight is 311 g/mol. The van der Waals surface area contributed by atoms with Gasteiger partial charge >= 0.3 is 0 Å². The van der Waals surface area contributed by atoms with Crippen molar-refractivity contribution in [2.75, 3.05) is 19.3 Å². The predicted molar refractivity (Wildman–Crippen MR) is 87.3 cm³/mol. The molecule has 0 heterocycles. The first-order chi connectivity index (χ1) is 9.39. The van der Waals surface area contributed by atoms with Crippen LogP contribution in [0, 0.1) is 11.8 Å². The van der Waals surface area contributed by atoms with Gasteiger partial charge in [0.2, 0.25) is 0 Å². The van der Waals surface area contributed by atoms with Crippen molar-refractivity contribution in [1.29, 1.82) is 0 Å². The van der Waals surface area contributed by atoms with Gasteiger partial charge in [-0.2, -0.15) is 11.8 Å². The third kappa shape index (κ3) is 5.09. The summed E-state index contributed by atoms with van der Waals surface area (Å²) in [4.78, 5) is 12.0. The Morgan fingerprint density at radius 2 is 2.20 bits per heavy atom. The molecule has 1 amide bonds. The van der Waals surface area contributed by atoms with Crippen LogP contribution in [0.5, 0.6) is 0 Å². The number of benzene rings is 1. The van der Waals surface area contributed by atoms with Crippen LogP contribution < -0.4 is 11.1 Å². The second kappa shape index (κ2) is 7.58. The molecule has 1 aromatic carbocycles. The molecule has 0 aromatic heterocycles. The zero-order valence-corrected chi connectivity index (χ0v) is 13.5. The predicted octanol–water partition coefficient (Wildman–Crippen LogP) is 2.52. The van der Waals surface area contributed by atoms with Crippen LogP contribution in [0.1, 0.15) is 29.8 Å². The van der Waals surface area contributed by atoms with Crippen LogP contribution in [0.3, 0.4) is 0 Å². The van der Waals surface area contributed by atoms with E-state index in [9.17, 15) is 4.79 Å². The Hall–Kier alpha value is -1.15. The van der Waals surface area contributed by atoms with Gasteiger partial charge < -0.3 is 11.1 Å². The summed E-state index contributed by atoms with van der Waals surface area (Å²) >= 11 is 7.81. The van der Waals surface area contributed by atoms with E-state index in [1.54, 1.807) is 30.0 Å². The second-order valence-corrected chi connectivity index (χ2v) is 6.77. The van der Waals surface area contributed by atoms with Gasteiger partial charge in [-0.15, -0.1) is 0 Å². The number of hydrogen-bond acceptors (Lipinski definition) is 3. The van der Waals surface area contributed by atoms with Crippen molar-refractivity contribution in [3.63, 3.8) is 0 Å². The van der Waals surface area contributed by atoms with Crippen LogP contribution in [-0.2, 0) is 0 Å². The Balaban J connectivity index is 2.78. The highest BCUT2D eigenvalue weighted by Crippen LogP contribution is 2.20. The van der Waals surface area contributed by atoms with Crippen LogP contribution in [-0.4, -0.2) is 30.0 Å². The fourth-order valence-electron chi connectivity index (χ4n) is 1.37. The van der Waals surface area contributed by atoms with E-state index >= 15 is 0 Å². The van der Waals surface area contributed by atoms with E-state index in [1.807, 2.05) is 6.26 Å². The van der Waals surface area contributed by atoms with E-state index in [1.165, 1.54) is 0 Å². The number of nitrogens with one attached hydrogen (secondary N) is 1. The summed E-state index contributed by atoms with van der Waals surface area (Å²) in [6, 6.07) is 5.08. The fraction of sp³-hybridized carbons (Fsp3) is 0.400. The Kier molecular flexibility index (Phi) is 6.41. The molecule has 20 heavy (non-hydrogen) atoms. The molecule has 0 fully saturated rings. The topological polar surface area (TPSA) is 55.1 Å². The maximum Gasteiger partial charge on any atom is 0.251 e. The molecule has 0 aliphatic rings. The molecule has 108 valence electrons. The molecule has 0 unspecified atom stereocenters. The summed E-state index contributed by atoms with van der Waals surface area (Å²) in [5.41, 5.74) is 6.53. The van der Waals surface area contributed by atoms with E-state index in [-0.39, 0.29) is 17.2 Å². The molecule has 0 saturated heterocycles. The van der Waals surface area contributed by atoms with Gasteiger partial charge in [-0.25, -0.2) is 0 Å². The molecule has 0 radical (unpaired) electrons. The van der Waals surface area contributed by atoms with Gasteiger partial charge in [0.15, 0.2) is 0 Å². The first kappa shape index (κ1) is 16.9. The van der Waals surface area contributed by atoms with Gasteiger partial charge in [-0.05, 0) is 38.3 Å². The smallest absolute Gasteiger partial charge is 0.251 e. The zero-order chi connectivity index (χ0) is 15.2. The third-order valence-electron chi connectivity index (χ3n) is 2.78. The zero-order valence-electron chi connectivity index (χ0n) is 11.9. The lowest BCUT2D eigenvalue weighted by Crippen LogP contribution is -2.36. The maximum absolute atomic E-state index is 12.0. The van der Waals surface area contributed by atoms with E-state index < -0.39 is 0 Å². The molecule has 0 aliphatic heterocycles. The van der Waals surface area contributed by atoms with Crippen molar-refractivity contribution in [3.8, 4) is 11.8 Å². The Bertz CT molecular complexity index is 547. The number of nitrogens with two attached hydrogens (primary N) is 1. The average Bonchev–Trinajstić information content (AvgIpc) is 2.43. The molecule has 1 aromatic rings. The Morgan fingerprint density at radius 3 is 2.75 bits per heavy atom. The first-order valence-corrected chi connectivity index (χ1v) is 7.82. The third-order valence-corrected chi connectivity index (χ3v) is 4.35. The van der Waals surface area contributed by atoms with Crippen molar-refractivity contribution in [3.05, 3.63) is 34.3 Å². The lowest BCUT2D eigenvalue weighted by Gasteiger charge is -2.22. The minimum Gasteiger partial charge on any atom is -0.351 e. The van der Waals surface area contributed by atoms with E-state index in [0.29, 0.717) is 22.7 Å². The molecule has 0 saturated carbocycles. The summed E-state index contributed by atoms with van der Waals surface area (Å²) < 4.78 is 0.00595. The van der Waals surface area contributed by atoms with Crippen LogP contribution in [0.15, 0.2) is 18.2 Å². The highest BCUT2D eigenvalue weighted by molar-refractivity contribution is 7.99. The monoisotopic (exact) mass is 310 g/mol. The molecule has 0 spiro atoms. The molecule has 1 rings (SSSR count).